The van der Waals surface area contributed by atoms with Gasteiger partial charge < -0.3 is 10.1 Å². The lowest BCUT2D eigenvalue weighted by molar-refractivity contribution is -0.137. The molecule has 2 aliphatic heterocycles. The molecule has 1 fully saturated rings. The summed E-state index contributed by atoms with van der Waals surface area (Å²) in [5.41, 5.74) is 4.48. The third kappa shape index (κ3) is 4.22. The van der Waals surface area contributed by atoms with Crippen molar-refractivity contribution in [3.63, 3.8) is 0 Å². The van der Waals surface area contributed by atoms with Crippen LogP contribution in [0.2, 0.25) is 0 Å². The minimum absolute atomic E-state index is 0.243. The molecule has 2 aliphatic rings. The number of anilines is 1. The molecule has 1 saturated heterocycles. The Morgan fingerprint density at radius 3 is 2.44 bits per heavy atom. The van der Waals surface area contributed by atoms with Gasteiger partial charge in [0.15, 0.2) is 0 Å². The molecule has 0 aliphatic carbocycles. The third-order valence-electron chi connectivity index (χ3n) is 6.61. The van der Waals surface area contributed by atoms with E-state index in [1.807, 2.05) is 74.5 Å². The van der Waals surface area contributed by atoms with Gasteiger partial charge in [-0.15, -0.1) is 0 Å². The van der Waals surface area contributed by atoms with Crippen LogP contribution in [-0.2, 0) is 14.3 Å². The van der Waals surface area contributed by atoms with Crippen molar-refractivity contribution in [3.05, 3.63) is 83.1 Å². The molecule has 0 unspecified atom stereocenters. The van der Waals surface area contributed by atoms with Crippen molar-refractivity contribution >= 4 is 33.8 Å². The maximum atomic E-state index is 13.7. The highest BCUT2D eigenvalue weighted by molar-refractivity contribution is 6.37. The number of imide groups is 1. The molecular weight excluding hydrogens is 426 g/mol. The standard InChI is InChI=1S/C28H29N3O3/c1-19-10-11-22(20(2)18-19)25-26(29-24-9-5-7-21-6-3-4-8-23(21)24)28(33)31(27(25)32)13-12-30-14-16-34-17-15-30/h3-11,18,29H,12-17H2,1-2H3. The maximum Gasteiger partial charge on any atom is 0.278 e. The molecule has 174 valence electrons. The molecule has 6 nitrogen and oxygen atoms in total. The van der Waals surface area contributed by atoms with Crippen LogP contribution in [0.5, 0.6) is 0 Å². The molecular formula is C28H29N3O3. The van der Waals surface area contributed by atoms with Crippen LogP contribution in [0, 0.1) is 13.8 Å². The number of hydrogen-bond donors (Lipinski definition) is 1. The lowest BCUT2D eigenvalue weighted by Gasteiger charge is -2.28. The predicted molar refractivity (Wildman–Crippen MR) is 134 cm³/mol. The van der Waals surface area contributed by atoms with E-state index in [-0.39, 0.29) is 11.8 Å². The van der Waals surface area contributed by atoms with E-state index in [4.69, 9.17) is 4.74 Å². The van der Waals surface area contributed by atoms with Crippen LogP contribution in [0.15, 0.2) is 66.4 Å². The molecule has 0 atom stereocenters. The molecule has 6 heteroatoms. The summed E-state index contributed by atoms with van der Waals surface area (Å²) in [6.45, 7) is 8.00. The summed E-state index contributed by atoms with van der Waals surface area (Å²) in [6, 6.07) is 19.9. The monoisotopic (exact) mass is 455 g/mol. The Morgan fingerprint density at radius 1 is 0.882 bits per heavy atom. The second kappa shape index (κ2) is 9.41. The lowest BCUT2D eigenvalue weighted by atomic mass is 9.97. The van der Waals surface area contributed by atoms with E-state index in [0.29, 0.717) is 37.6 Å². The van der Waals surface area contributed by atoms with E-state index in [1.165, 1.54) is 4.90 Å². The highest BCUT2D eigenvalue weighted by atomic mass is 16.5. The normalized spacial score (nSPS) is 17.2. The topological polar surface area (TPSA) is 61.9 Å². The van der Waals surface area contributed by atoms with Gasteiger partial charge in [0.05, 0.1) is 18.8 Å². The number of amides is 2. The summed E-state index contributed by atoms with van der Waals surface area (Å²) in [5.74, 6) is -0.519. The minimum atomic E-state index is -0.277. The lowest BCUT2D eigenvalue weighted by Crippen LogP contribution is -2.43. The Hall–Kier alpha value is -3.48. The van der Waals surface area contributed by atoms with Crippen LogP contribution < -0.4 is 5.32 Å². The first kappa shape index (κ1) is 22.3. The van der Waals surface area contributed by atoms with Gasteiger partial charge in [-0.25, -0.2) is 0 Å². The number of carbonyl (C=O) groups is 2. The van der Waals surface area contributed by atoms with Crippen LogP contribution in [0.25, 0.3) is 16.3 Å². The van der Waals surface area contributed by atoms with Gasteiger partial charge in [0.25, 0.3) is 11.8 Å². The largest absolute Gasteiger partial charge is 0.379 e. The zero-order valence-electron chi connectivity index (χ0n) is 19.6. The zero-order valence-corrected chi connectivity index (χ0v) is 19.6. The molecule has 3 aromatic rings. The highest BCUT2D eigenvalue weighted by Gasteiger charge is 2.39. The quantitative estimate of drug-likeness (QED) is 0.570. The summed E-state index contributed by atoms with van der Waals surface area (Å²) in [4.78, 5) is 30.9. The Bertz CT molecular complexity index is 1290. The number of rotatable bonds is 6. The highest BCUT2D eigenvalue weighted by Crippen LogP contribution is 2.34. The van der Waals surface area contributed by atoms with Gasteiger partial charge in [0.1, 0.15) is 5.70 Å². The molecule has 0 spiro atoms. The van der Waals surface area contributed by atoms with Crippen molar-refractivity contribution < 1.29 is 14.3 Å². The fourth-order valence-corrected chi connectivity index (χ4v) is 4.77. The Kier molecular flexibility index (Phi) is 6.18. The van der Waals surface area contributed by atoms with Crippen LogP contribution in [0.1, 0.15) is 16.7 Å². The van der Waals surface area contributed by atoms with Gasteiger partial charge in [-0.3, -0.25) is 19.4 Å². The van der Waals surface area contributed by atoms with E-state index in [1.54, 1.807) is 0 Å². The van der Waals surface area contributed by atoms with Gasteiger partial charge in [0.2, 0.25) is 0 Å². The van der Waals surface area contributed by atoms with Crippen molar-refractivity contribution in [2.75, 3.05) is 44.7 Å². The van der Waals surface area contributed by atoms with E-state index in [0.717, 1.165) is 46.2 Å². The molecule has 34 heavy (non-hydrogen) atoms. The van der Waals surface area contributed by atoms with E-state index >= 15 is 0 Å². The van der Waals surface area contributed by atoms with Gasteiger partial charge in [-0.1, -0.05) is 60.2 Å². The number of nitrogens with one attached hydrogen (secondary N) is 1. The zero-order chi connectivity index (χ0) is 23.7. The molecule has 0 aromatic heterocycles. The van der Waals surface area contributed by atoms with Crippen LogP contribution in [0.4, 0.5) is 5.69 Å². The fourth-order valence-electron chi connectivity index (χ4n) is 4.77. The molecule has 2 heterocycles. The van der Waals surface area contributed by atoms with Crippen molar-refractivity contribution in [1.82, 2.24) is 9.80 Å². The summed E-state index contributed by atoms with van der Waals surface area (Å²) in [7, 11) is 0. The maximum absolute atomic E-state index is 13.7. The smallest absolute Gasteiger partial charge is 0.278 e. The molecule has 1 N–H and O–H groups in total. The molecule has 2 amide bonds. The average molecular weight is 456 g/mol. The van der Waals surface area contributed by atoms with Crippen LogP contribution in [0.3, 0.4) is 0 Å². The Morgan fingerprint density at radius 2 is 1.65 bits per heavy atom. The van der Waals surface area contributed by atoms with Crippen molar-refractivity contribution in [2.24, 2.45) is 0 Å². The average Bonchev–Trinajstić information content (AvgIpc) is 3.07. The molecule has 0 saturated carbocycles. The molecule has 5 rings (SSSR count). The summed E-state index contributed by atoms with van der Waals surface area (Å²) in [6.07, 6.45) is 0. The fraction of sp³-hybridized carbons (Fsp3) is 0.286. The molecule has 0 radical (unpaired) electrons. The number of nitrogens with zero attached hydrogens (tertiary/aromatic N) is 2. The number of aryl methyl sites for hydroxylation is 2. The predicted octanol–water partition coefficient (Wildman–Crippen LogP) is 3.98. The minimum Gasteiger partial charge on any atom is -0.379 e. The SMILES string of the molecule is Cc1ccc(C2=C(Nc3cccc4ccccc34)C(=O)N(CCN3CCOCC3)C2=O)c(C)c1. The first-order valence-electron chi connectivity index (χ1n) is 11.8. The van der Waals surface area contributed by atoms with Crippen LogP contribution in [-0.4, -0.2) is 61.0 Å². The van der Waals surface area contributed by atoms with Crippen molar-refractivity contribution in [3.8, 4) is 0 Å². The van der Waals surface area contributed by atoms with Gasteiger partial charge in [-0.05, 0) is 36.4 Å². The second-order valence-electron chi connectivity index (χ2n) is 8.94. The number of morpholine rings is 1. The third-order valence-corrected chi connectivity index (χ3v) is 6.61. The number of hydrogen-bond acceptors (Lipinski definition) is 5. The number of ether oxygens (including phenoxy) is 1. The number of benzene rings is 3. The molecule has 0 bridgehead atoms. The van der Waals surface area contributed by atoms with Crippen LogP contribution >= 0.6 is 0 Å². The van der Waals surface area contributed by atoms with E-state index in [9.17, 15) is 9.59 Å². The summed E-state index contributed by atoms with van der Waals surface area (Å²) < 4.78 is 5.42. The Balaban J connectivity index is 1.53. The van der Waals surface area contributed by atoms with Crippen molar-refractivity contribution in [1.29, 1.82) is 0 Å². The molecule has 3 aromatic carbocycles. The first-order valence-corrected chi connectivity index (χ1v) is 11.8. The summed E-state index contributed by atoms with van der Waals surface area (Å²) >= 11 is 0. The Labute approximate surface area is 199 Å². The van der Waals surface area contributed by atoms with E-state index in [2.05, 4.69) is 10.2 Å². The summed E-state index contributed by atoms with van der Waals surface area (Å²) in [5, 5.41) is 5.43. The number of fused-ring (bicyclic) bond motifs is 1. The van der Waals surface area contributed by atoms with E-state index < -0.39 is 0 Å². The van der Waals surface area contributed by atoms with Gasteiger partial charge >= 0.3 is 0 Å². The number of carbonyl (C=O) groups excluding carboxylic acids is 2. The van der Waals surface area contributed by atoms with Gasteiger partial charge in [-0.2, -0.15) is 0 Å². The van der Waals surface area contributed by atoms with Crippen molar-refractivity contribution in [2.45, 2.75) is 13.8 Å². The second-order valence-corrected chi connectivity index (χ2v) is 8.94. The van der Waals surface area contributed by atoms with Gasteiger partial charge in [0, 0.05) is 37.3 Å². The first-order chi connectivity index (χ1) is 16.5.